The molecule has 0 aliphatic carbocycles. The predicted octanol–water partition coefficient (Wildman–Crippen LogP) is 2.45. The Morgan fingerprint density at radius 1 is 1.15 bits per heavy atom. The van der Waals surface area contributed by atoms with Gasteiger partial charge in [-0.25, -0.2) is 13.2 Å². The second-order valence-corrected chi connectivity index (χ2v) is 7.99. The highest BCUT2D eigenvalue weighted by atomic mass is 32.2. The Morgan fingerprint density at radius 3 is 2.33 bits per heavy atom. The predicted molar refractivity (Wildman–Crippen MR) is 99.0 cm³/mol. The van der Waals surface area contributed by atoms with Crippen molar-refractivity contribution in [1.82, 2.24) is 0 Å². The minimum Gasteiger partial charge on any atom is -0.449 e. The number of esters is 1. The van der Waals surface area contributed by atoms with E-state index in [0.717, 1.165) is 6.26 Å². The van der Waals surface area contributed by atoms with Crippen LogP contribution in [0.2, 0.25) is 0 Å². The van der Waals surface area contributed by atoms with Crippen molar-refractivity contribution in [2.24, 2.45) is 0 Å². The van der Waals surface area contributed by atoms with E-state index in [9.17, 15) is 18.0 Å². The van der Waals surface area contributed by atoms with E-state index in [4.69, 9.17) is 10.00 Å². The number of nitriles is 1. The lowest BCUT2D eigenvalue weighted by atomic mass is 10.1. The first-order chi connectivity index (χ1) is 12.6. The van der Waals surface area contributed by atoms with Gasteiger partial charge in [-0.05, 0) is 55.8 Å². The van der Waals surface area contributed by atoms with Crippen LogP contribution in [0.3, 0.4) is 0 Å². The Hall–Kier alpha value is -3.18. The molecule has 0 radical (unpaired) electrons. The van der Waals surface area contributed by atoms with Gasteiger partial charge in [0, 0.05) is 11.9 Å². The lowest BCUT2D eigenvalue weighted by molar-refractivity contribution is -0.123. The summed E-state index contributed by atoms with van der Waals surface area (Å²) in [6.07, 6.45) is -0.0603. The number of sulfone groups is 1. The lowest BCUT2D eigenvalue weighted by Gasteiger charge is -2.15. The van der Waals surface area contributed by atoms with Crippen molar-refractivity contribution < 1.29 is 22.7 Å². The Morgan fingerprint density at radius 2 is 1.78 bits per heavy atom. The SMILES string of the molecule is Cc1ccc(S(C)(=O)=O)cc1C(=O)O[C@H](C)C(=O)Nc1ccc(C#N)cc1. The topological polar surface area (TPSA) is 113 Å². The van der Waals surface area contributed by atoms with Gasteiger partial charge in [0.15, 0.2) is 15.9 Å². The highest BCUT2D eigenvalue weighted by Crippen LogP contribution is 2.18. The van der Waals surface area contributed by atoms with E-state index in [0.29, 0.717) is 16.8 Å². The molecule has 8 heteroatoms. The maximum Gasteiger partial charge on any atom is 0.339 e. The molecular formula is C19H18N2O5S. The average Bonchev–Trinajstić information content (AvgIpc) is 2.61. The summed E-state index contributed by atoms with van der Waals surface area (Å²) in [5.41, 5.74) is 1.52. The van der Waals surface area contributed by atoms with Crippen LogP contribution in [0, 0.1) is 18.3 Å². The van der Waals surface area contributed by atoms with Crippen molar-refractivity contribution >= 4 is 27.4 Å². The van der Waals surface area contributed by atoms with Gasteiger partial charge in [0.25, 0.3) is 5.91 Å². The zero-order valence-electron chi connectivity index (χ0n) is 15.0. The molecule has 0 fully saturated rings. The van der Waals surface area contributed by atoms with Crippen molar-refractivity contribution in [2.45, 2.75) is 24.8 Å². The van der Waals surface area contributed by atoms with Gasteiger partial charge in [0.1, 0.15) is 0 Å². The molecular weight excluding hydrogens is 368 g/mol. The van der Waals surface area contributed by atoms with Crippen LogP contribution in [-0.2, 0) is 19.4 Å². The summed E-state index contributed by atoms with van der Waals surface area (Å²) in [5.74, 6) is -1.34. The zero-order chi connectivity index (χ0) is 20.2. The maximum atomic E-state index is 12.4. The van der Waals surface area contributed by atoms with Crippen LogP contribution in [0.4, 0.5) is 5.69 Å². The van der Waals surface area contributed by atoms with E-state index in [1.54, 1.807) is 31.2 Å². The second kappa shape index (κ2) is 8.01. The van der Waals surface area contributed by atoms with Gasteiger partial charge in [-0.15, -0.1) is 0 Å². The summed E-state index contributed by atoms with van der Waals surface area (Å²) < 4.78 is 28.5. The molecule has 0 aliphatic rings. The fourth-order valence-corrected chi connectivity index (χ4v) is 2.85. The molecule has 0 bridgehead atoms. The quantitative estimate of drug-likeness (QED) is 0.790. The molecule has 0 heterocycles. The summed E-state index contributed by atoms with van der Waals surface area (Å²) in [6, 6.07) is 12.3. The normalized spacial score (nSPS) is 11.9. The third kappa shape index (κ3) is 5.15. The van der Waals surface area contributed by atoms with Gasteiger partial charge in [0.2, 0.25) is 0 Å². The highest BCUT2D eigenvalue weighted by molar-refractivity contribution is 7.90. The Labute approximate surface area is 157 Å². The molecule has 2 rings (SSSR count). The van der Waals surface area contributed by atoms with Gasteiger partial charge < -0.3 is 10.1 Å². The number of anilines is 1. The van der Waals surface area contributed by atoms with Gasteiger partial charge >= 0.3 is 5.97 Å². The smallest absolute Gasteiger partial charge is 0.339 e. The van der Waals surface area contributed by atoms with E-state index < -0.39 is 27.8 Å². The summed E-state index contributed by atoms with van der Waals surface area (Å²) in [7, 11) is -3.48. The van der Waals surface area contributed by atoms with E-state index in [-0.39, 0.29) is 10.5 Å². The maximum absolute atomic E-state index is 12.4. The van der Waals surface area contributed by atoms with Crippen molar-refractivity contribution in [2.75, 3.05) is 11.6 Å². The van der Waals surface area contributed by atoms with Crippen LogP contribution in [0.15, 0.2) is 47.4 Å². The van der Waals surface area contributed by atoms with E-state index in [2.05, 4.69) is 5.32 Å². The standard InChI is InChI=1S/C19H18N2O5S/c1-12-4-9-16(27(3,24)25)10-17(12)19(23)26-13(2)18(22)21-15-7-5-14(11-20)6-8-15/h4-10,13H,1-3H3,(H,21,22)/t13-/m1/s1. The fraction of sp³-hybridized carbons (Fsp3) is 0.211. The second-order valence-electron chi connectivity index (χ2n) is 5.97. The van der Waals surface area contributed by atoms with Gasteiger partial charge in [0.05, 0.1) is 22.1 Å². The molecule has 2 aromatic carbocycles. The monoisotopic (exact) mass is 386 g/mol. The highest BCUT2D eigenvalue weighted by Gasteiger charge is 2.21. The van der Waals surface area contributed by atoms with Crippen LogP contribution in [-0.4, -0.2) is 32.7 Å². The number of nitrogens with one attached hydrogen (secondary N) is 1. The van der Waals surface area contributed by atoms with Crippen LogP contribution in [0.25, 0.3) is 0 Å². The van der Waals surface area contributed by atoms with Crippen LogP contribution in [0.5, 0.6) is 0 Å². The summed E-state index contributed by atoms with van der Waals surface area (Å²) in [6.45, 7) is 3.05. The third-order valence-electron chi connectivity index (χ3n) is 3.79. The summed E-state index contributed by atoms with van der Waals surface area (Å²) in [4.78, 5) is 24.6. The number of hydrogen-bond donors (Lipinski definition) is 1. The van der Waals surface area contributed by atoms with Crippen LogP contribution < -0.4 is 5.32 Å². The van der Waals surface area contributed by atoms with Crippen molar-refractivity contribution in [1.29, 1.82) is 5.26 Å². The minimum absolute atomic E-state index is 0.00487. The van der Waals surface area contributed by atoms with Gasteiger partial charge in [-0.1, -0.05) is 6.07 Å². The molecule has 0 aliphatic heterocycles. The number of aryl methyl sites for hydroxylation is 1. The summed E-state index contributed by atoms with van der Waals surface area (Å²) in [5, 5.41) is 11.3. The molecule has 1 amide bonds. The largest absolute Gasteiger partial charge is 0.449 e. The Kier molecular flexibility index (Phi) is 5.98. The first-order valence-electron chi connectivity index (χ1n) is 7.94. The Bertz CT molecular complexity index is 1020. The van der Waals surface area contributed by atoms with E-state index >= 15 is 0 Å². The molecule has 2 aromatic rings. The number of ether oxygens (including phenoxy) is 1. The molecule has 0 unspecified atom stereocenters. The van der Waals surface area contributed by atoms with E-state index in [1.807, 2.05) is 6.07 Å². The third-order valence-corrected chi connectivity index (χ3v) is 4.90. The molecule has 7 nitrogen and oxygen atoms in total. The fourth-order valence-electron chi connectivity index (χ4n) is 2.20. The number of benzene rings is 2. The molecule has 0 saturated heterocycles. The molecule has 0 aromatic heterocycles. The van der Waals surface area contributed by atoms with E-state index in [1.165, 1.54) is 25.1 Å². The number of carbonyl (C=O) groups is 2. The first kappa shape index (κ1) is 20.1. The number of rotatable bonds is 5. The molecule has 1 atom stereocenters. The summed E-state index contributed by atoms with van der Waals surface area (Å²) >= 11 is 0. The molecule has 0 spiro atoms. The van der Waals surface area contributed by atoms with Crippen LogP contribution in [0.1, 0.15) is 28.4 Å². The Balaban J connectivity index is 2.10. The average molecular weight is 386 g/mol. The number of amides is 1. The van der Waals surface area contributed by atoms with Gasteiger partial charge in [-0.3, -0.25) is 4.79 Å². The van der Waals surface area contributed by atoms with Crippen molar-refractivity contribution in [3.8, 4) is 6.07 Å². The molecule has 0 saturated carbocycles. The zero-order valence-corrected chi connectivity index (χ0v) is 15.8. The number of hydrogen-bond acceptors (Lipinski definition) is 6. The lowest BCUT2D eigenvalue weighted by Crippen LogP contribution is -2.30. The first-order valence-corrected chi connectivity index (χ1v) is 9.83. The van der Waals surface area contributed by atoms with Crippen LogP contribution >= 0.6 is 0 Å². The molecule has 1 N–H and O–H groups in total. The number of nitrogens with zero attached hydrogens (tertiary/aromatic N) is 1. The molecule has 27 heavy (non-hydrogen) atoms. The molecule has 140 valence electrons. The van der Waals surface area contributed by atoms with Gasteiger partial charge in [-0.2, -0.15) is 5.26 Å². The number of carbonyl (C=O) groups excluding carboxylic acids is 2. The van der Waals surface area contributed by atoms with Crippen molar-refractivity contribution in [3.05, 3.63) is 59.2 Å². The minimum atomic E-state index is -3.48. The van der Waals surface area contributed by atoms with Crippen molar-refractivity contribution in [3.63, 3.8) is 0 Å².